The minimum atomic E-state index is 0.716. The SMILES string of the molecule is Brc1ccc(CNC2CCN3CCCC3C2)cc1. The second kappa shape index (κ2) is 5.72. The van der Waals surface area contributed by atoms with Crippen LogP contribution >= 0.6 is 15.9 Å². The van der Waals surface area contributed by atoms with E-state index in [9.17, 15) is 0 Å². The average Bonchev–Trinajstić information content (AvgIpc) is 2.85. The molecule has 1 N–H and O–H groups in total. The molecule has 2 unspecified atom stereocenters. The van der Waals surface area contributed by atoms with E-state index >= 15 is 0 Å². The molecule has 2 aliphatic heterocycles. The average molecular weight is 309 g/mol. The van der Waals surface area contributed by atoms with Gasteiger partial charge in [0.2, 0.25) is 0 Å². The first-order valence-corrected chi connectivity index (χ1v) is 7.82. The zero-order valence-electron chi connectivity index (χ0n) is 10.7. The van der Waals surface area contributed by atoms with Crippen LogP contribution in [0.3, 0.4) is 0 Å². The maximum atomic E-state index is 3.73. The summed E-state index contributed by atoms with van der Waals surface area (Å²) in [6.07, 6.45) is 5.48. The largest absolute Gasteiger partial charge is 0.310 e. The third-order valence-corrected chi connectivity index (χ3v) is 4.86. The number of rotatable bonds is 3. The first-order valence-electron chi connectivity index (χ1n) is 7.03. The van der Waals surface area contributed by atoms with Crippen molar-refractivity contribution in [1.29, 1.82) is 0 Å². The second-order valence-corrected chi connectivity index (χ2v) is 6.48. The Morgan fingerprint density at radius 1 is 1.17 bits per heavy atom. The van der Waals surface area contributed by atoms with Gasteiger partial charge in [-0.05, 0) is 56.5 Å². The molecule has 2 heterocycles. The van der Waals surface area contributed by atoms with Crippen molar-refractivity contribution in [2.45, 2.75) is 44.3 Å². The van der Waals surface area contributed by atoms with Gasteiger partial charge in [-0.15, -0.1) is 0 Å². The molecule has 0 amide bonds. The van der Waals surface area contributed by atoms with Crippen molar-refractivity contribution in [1.82, 2.24) is 10.2 Å². The number of fused-ring (bicyclic) bond motifs is 1. The molecule has 0 aliphatic carbocycles. The summed E-state index contributed by atoms with van der Waals surface area (Å²) >= 11 is 3.48. The Morgan fingerprint density at radius 3 is 2.83 bits per heavy atom. The van der Waals surface area contributed by atoms with Crippen LogP contribution in [0.25, 0.3) is 0 Å². The van der Waals surface area contributed by atoms with Gasteiger partial charge < -0.3 is 10.2 Å². The molecule has 2 fully saturated rings. The third-order valence-electron chi connectivity index (χ3n) is 4.33. The number of benzene rings is 1. The molecule has 0 saturated carbocycles. The Labute approximate surface area is 118 Å². The molecule has 1 aromatic rings. The van der Waals surface area contributed by atoms with Gasteiger partial charge in [0.25, 0.3) is 0 Å². The standard InChI is InChI=1S/C15H21BrN2/c16-13-5-3-12(4-6-13)11-17-14-7-9-18-8-1-2-15(18)10-14/h3-6,14-15,17H,1-2,7-11H2. The van der Waals surface area contributed by atoms with Crippen molar-refractivity contribution in [2.75, 3.05) is 13.1 Å². The molecule has 3 rings (SSSR count). The van der Waals surface area contributed by atoms with Crippen LogP contribution in [-0.2, 0) is 6.54 Å². The van der Waals surface area contributed by atoms with Crippen LogP contribution in [0.2, 0.25) is 0 Å². The fourth-order valence-electron chi connectivity index (χ4n) is 3.27. The van der Waals surface area contributed by atoms with E-state index < -0.39 is 0 Å². The van der Waals surface area contributed by atoms with Crippen LogP contribution in [0.5, 0.6) is 0 Å². The lowest BCUT2D eigenvalue weighted by Gasteiger charge is -2.35. The highest BCUT2D eigenvalue weighted by molar-refractivity contribution is 9.10. The number of halogens is 1. The van der Waals surface area contributed by atoms with Crippen molar-refractivity contribution in [2.24, 2.45) is 0 Å². The highest BCUT2D eigenvalue weighted by Crippen LogP contribution is 2.26. The normalized spacial score (nSPS) is 28.3. The Morgan fingerprint density at radius 2 is 2.00 bits per heavy atom. The lowest BCUT2D eigenvalue weighted by molar-refractivity contribution is 0.166. The number of piperidine rings is 1. The van der Waals surface area contributed by atoms with E-state index in [1.54, 1.807) is 0 Å². The number of hydrogen-bond acceptors (Lipinski definition) is 2. The van der Waals surface area contributed by atoms with Gasteiger partial charge in [0.1, 0.15) is 0 Å². The monoisotopic (exact) mass is 308 g/mol. The van der Waals surface area contributed by atoms with Gasteiger partial charge in [-0.1, -0.05) is 28.1 Å². The molecule has 2 atom stereocenters. The molecule has 0 radical (unpaired) electrons. The van der Waals surface area contributed by atoms with E-state index in [2.05, 4.69) is 50.4 Å². The summed E-state index contributed by atoms with van der Waals surface area (Å²) in [5.74, 6) is 0. The molecule has 98 valence electrons. The molecule has 0 aromatic heterocycles. The molecular weight excluding hydrogens is 288 g/mol. The highest BCUT2D eigenvalue weighted by atomic mass is 79.9. The highest BCUT2D eigenvalue weighted by Gasteiger charge is 2.31. The number of nitrogens with zero attached hydrogens (tertiary/aromatic N) is 1. The molecule has 0 bridgehead atoms. The van der Waals surface area contributed by atoms with Crippen molar-refractivity contribution in [3.8, 4) is 0 Å². The van der Waals surface area contributed by atoms with Gasteiger partial charge in [-0.3, -0.25) is 0 Å². The van der Waals surface area contributed by atoms with Crippen LogP contribution in [0.4, 0.5) is 0 Å². The van der Waals surface area contributed by atoms with E-state index in [0.29, 0.717) is 6.04 Å². The molecule has 3 heteroatoms. The van der Waals surface area contributed by atoms with E-state index in [0.717, 1.165) is 17.1 Å². The van der Waals surface area contributed by atoms with Crippen LogP contribution in [0, 0.1) is 0 Å². The number of nitrogens with one attached hydrogen (secondary N) is 1. The van der Waals surface area contributed by atoms with E-state index in [1.165, 1.54) is 44.3 Å². The molecule has 2 saturated heterocycles. The Hall–Kier alpha value is -0.380. The van der Waals surface area contributed by atoms with Crippen LogP contribution in [0.15, 0.2) is 28.7 Å². The quantitative estimate of drug-likeness (QED) is 0.922. The third kappa shape index (κ3) is 2.95. The van der Waals surface area contributed by atoms with Crippen molar-refractivity contribution in [3.05, 3.63) is 34.3 Å². The molecule has 1 aromatic carbocycles. The molecule has 18 heavy (non-hydrogen) atoms. The van der Waals surface area contributed by atoms with Crippen molar-refractivity contribution >= 4 is 15.9 Å². The lowest BCUT2D eigenvalue weighted by atomic mass is 9.97. The first-order chi connectivity index (χ1) is 8.81. The summed E-state index contributed by atoms with van der Waals surface area (Å²) in [6.45, 7) is 3.64. The van der Waals surface area contributed by atoms with E-state index in [-0.39, 0.29) is 0 Å². The Bertz CT molecular complexity index is 390. The Kier molecular flexibility index (Phi) is 4.02. The van der Waals surface area contributed by atoms with Gasteiger partial charge in [0.15, 0.2) is 0 Å². The zero-order valence-corrected chi connectivity index (χ0v) is 12.3. The summed E-state index contributed by atoms with van der Waals surface area (Å²) < 4.78 is 1.16. The van der Waals surface area contributed by atoms with Gasteiger partial charge in [-0.25, -0.2) is 0 Å². The molecule has 2 nitrogen and oxygen atoms in total. The summed E-state index contributed by atoms with van der Waals surface area (Å²) in [7, 11) is 0. The first kappa shape index (κ1) is 12.6. The summed E-state index contributed by atoms with van der Waals surface area (Å²) in [5.41, 5.74) is 1.38. The van der Waals surface area contributed by atoms with Gasteiger partial charge in [-0.2, -0.15) is 0 Å². The van der Waals surface area contributed by atoms with Gasteiger partial charge in [0, 0.05) is 23.1 Å². The van der Waals surface area contributed by atoms with Gasteiger partial charge in [0.05, 0.1) is 0 Å². The zero-order chi connectivity index (χ0) is 12.4. The molecular formula is C15H21BrN2. The Balaban J connectivity index is 1.50. The minimum Gasteiger partial charge on any atom is -0.310 e. The van der Waals surface area contributed by atoms with Crippen molar-refractivity contribution in [3.63, 3.8) is 0 Å². The fourth-order valence-corrected chi connectivity index (χ4v) is 3.54. The maximum Gasteiger partial charge on any atom is 0.0208 e. The maximum absolute atomic E-state index is 3.73. The minimum absolute atomic E-state index is 0.716. The second-order valence-electron chi connectivity index (χ2n) is 5.56. The van der Waals surface area contributed by atoms with Crippen molar-refractivity contribution < 1.29 is 0 Å². The van der Waals surface area contributed by atoms with Gasteiger partial charge >= 0.3 is 0 Å². The van der Waals surface area contributed by atoms with Crippen LogP contribution in [-0.4, -0.2) is 30.1 Å². The van der Waals surface area contributed by atoms with E-state index in [1.807, 2.05) is 0 Å². The molecule has 0 spiro atoms. The smallest absolute Gasteiger partial charge is 0.0208 e. The van der Waals surface area contributed by atoms with Crippen LogP contribution < -0.4 is 5.32 Å². The lowest BCUT2D eigenvalue weighted by Crippen LogP contribution is -2.45. The summed E-state index contributed by atoms with van der Waals surface area (Å²) in [6, 6.07) is 10.2. The van der Waals surface area contributed by atoms with Crippen LogP contribution in [0.1, 0.15) is 31.2 Å². The molecule has 2 aliphatic rings. The summed E-state index contributed by atoms with van der Waals surface area (Å²) in [5, 5.41) is 3.73. The topological polar surface area (TPSA) is 15.3 Å². The number of hydrogen-bond donors (Lipinski definition) is 1. The summed E-state index contributed by atoms with van der Waals surface area (Å²) in [4.78, 5) is 2.68. The predicted octanol–water partition coefficient (Wildman–Crippen LogP) is 3.17. The fraction of sp³-hybridized carbons (Fsp3) is 0.600. The van der Waals surface area contributed by atoms with E-state index in [4.69, 9.17) is 0 Å². The predicted molar refractivity (Wildman–Crippen MR) is 78.6 cm³/mol.